The van der Waals surface area contributed by atoms with Crippen LogP contribution in [-0.2, 0) is 9.59 Å². The fraction of sp³-hybridized carbons (Fsp3) is 0.529. The van der Waals surface area contributed by atoms with Gasteiger partial charge in [0.2, 0.25) is 11.8 Å². The Morgan fingerprint density at radius 1 is 1.24 bits per heavy atom. The van der Waals surface area contributed by atoms with Crippen LogP contribution in [0.1, 0.15) is 29.9 Å². The third kappa shape index (κ3) is 2.67. The maximum absolute atomic E-state index is 12.5. The Morgan fingerprint density at radius 2 is 2.00 bits per heavy atom. The molecule has 2 aliphatic heterocycles. The van der Waals surface area contributed by atoms with E-state index in [1.54, 1.807) is 11.9 Å². The van der Waals surface area contributed by atoms with Crippen molar-refractivity contribution in [3.05, 3.63) is 35.4 Å². The highest BCUT2D eigenvalue weighted by Crippen LogP contribution is 2.31. The molecule has 0 aliphatic carbocycles. The molecule has 2 fully saturated rings. The van der Waals surface area contributed by atoms with Gasteiger partial charge in [0.1, 0.15) is 0 Å². The maximum atomic E-state index is 12.5. The highest BCUT2D eigenvalue weighted by Gasteiger charge is 2.37. The summed E-state index contributed by atoms with van der Waals surface area (Å²) in [5, 5.41) is 0. The molecule has 0 saturated carbocycles. The smallest absolute Gasteiger partial charge is 0.228 e. The minimum atomic E-state index is -0.141. The summed E-state index contributed by atoms with van der Waals surface area (Å²) in [6, 6.07) is 8.42. The summed E-state index contributed by atoms with van der Waals surface area (Å²) < 4.78 is 0. The van der Waals surface area contributed by atoms with Crippen LogP contribution in [0.2, 0.25) is 0 Å². The molecule has 1 aromatic rings. The van der Waals surface area contributed by atoms with Gasteiger partial charge in [-0.2, -0.15) is 0 Å². The van der Waals surface area contributed by atoms with Crippen LogP contribution in [0.4, 0.5) is 0 Å². The lowest BCUT2D eigenvalue weighted by Crippen LogP contribution is -2.35. The predicted molar refractivity (Wildman–Crippen MR) is 80.9 cm³/mol. The molecule has 0 aromatic heterocycles. The summed E-state index contributed by atoms with van der Waals surface area (Å²) in [5.41, 5.74) is 2.65. The zero-order valence-corrected chi connectivity index (χ0v) is 12.7. The van der Waals surface area contributed by atoms with Gasteiger partial charge < -0.3 is 9.80 Å². The molecule has 0 radical (unpaired) electrons. The molecule has 2 atom stereocenters. The van der Waals surface area contributed by atoms with Crippen molar-refractivity contribution in [1.29, 1.82) is 0 Å². The summed E-state index contributed by atoms with van der Waals surface area (Å²) in [6.07, 6.45) is 1.40. The number of hydrogen-bond acceptors (Lipinski definition) is 2. The molecule has 0 N–H and O–H groups in total. The number of carbonyl (C=O) groups excluding carboxylic acids is 2. The molecular weight excluding hydrogens is 264 g/mol. The van der Waals surface area contributed by atoms with Crippen molar-refractivity contribution < 1.29 is 9.59 Å². The van der Waals surface area contributed by atoms with E-state index in [2.05, 4.69) is 31.2 Å². The van der Waals surface area contributed by atoms with E-state index in [1.807, 2.05) is 4.90 Å². The van der Waals surface area contributed by atoms with E-state index in [0.29, 0.717) is 18.9 Å². The van der Waals surface area contributed by atoms with E-state index < -0.39 is 0 Å². The van der Waals surface area contributed by atoms with Gasteiger partial charge in [-0.3, -0.25) is 9.59 Å². The number of amides is 2. The van der Waals surface area contributed by atoms with E-state index in [0.717, 1.165) is 19.5 Å². The molecule has 4 heteroatoms. The van der Waals surface area contributed by atoms with E-state index >= 15 is 0 Å². The van der Waals surface area contributed by atoms with E-state index in [9.17, 15) is 9.59 Å². The van der Waals surface area contributed by atoms with Crippen LogP contribution in [0.25, 0.3) is 0 Å². The Kier molecular flexibility index (Phi) is 3.70. The molecule has 21 heavy (non-hydrogen) atoms. The van der Waals surface area contributed by atoms with Crippen molar-refractivity contribution in [2.75, 3.05) is 26.7 Å². The molecule has 2 amide bonds. The second kappa shape index (κ2) is 5.51. The van der Waals surface area contributed by atoms with Crippen LogP contribution in [0.3, 0.4) is 0 Å². The van der Waals surface area contributed by atoms with Crippen molar-refractivity contribution in [1.82, 2.24) is 9.80 Å². The van der Waals surface area contributed by atoms with Gasteiger partial charge in [-0.25, -0.2) is 0 Å². The molecule has 112 valence electrons. The summed E-state index contributed by atoms with van der Waals surface area (Å²) in [7, 11) is 1.77. The van der Waals surface area contributed by atoms with Crippen LogP contribution >= 0.6 is 0 Å². The lowest BCUT2D eigenvalue weighted by molar-refractivity contribution is -0.134. The molecule has 2 saturated heterocycles. The Labute approximate surface area is 125 Å². The molecular formula is C17H22N2O2. The van der Waals surface area contributed by atoms with Gasteiger partial charge >= 0.3 is 0 Å². The van der Waals surface area contributed by atoms with Gasteiger partial charge in [-0.05, 0) is 24.5 Å². The van der Waals surface area contributed by atoms with Gasteiger partial charge in [0.05, 0.1) is 5.92 Å². The first-order valence-corrected chi connectivity index (χ1v) is 7.64. The average Bonchev–Trinajstić information content (AvgIpc) is 3.07. The minimum absolute atomic E-state index is 0.0861. The van der Waals surface area contributed by atoms with Crippen LogP contribution in [0, 0.1) is 12.8 Å². The zero-order valence-electron chi connectivity index (χ0n) is 12.7. The van der Waals surface area contributed by atoms with Crippen LogP contribution in [0.5, 0.6) is 0 Å². The molecule has 3 rings (SSSR count). The number of nitrogens with zero attached hydrogens (tertiary/aromatic N) is 2. The van der Waals surface area contributed by atoms with E-state index in [4.69, 9.17) is 0 Å². The fourth-order valence-electron chi connectivity index (χ4n) is 3.55. The Balaban J connectivity index is 1.66. The van der Waals surface area contributed by atoms with Crippen LogP contribution in [-0.4, -0.2) is 48.3 Å². The quantitative estimate of drug-likeness (QED) is 0.831. The number of benzene rings is 1. The third-order valence-electron chi connectivity index (χ3n) is 4.82. The predicted octanol–water partition coefficient (Wildman–Crippen LogP) is 1.79. The Bertz CT molecular complexity index is 570. The van der Waals surface area contributed by atoms with Gasteiger partial charge in [0.25, 0.3) is 0 Å². The highest BCUT2D eigenvalue weighted by molar-refractivity contribution is 5.89. The van der Waals surface area contributed by atoms with Crippen LogP contribution < -0.4 is 0 Å². The molecule has 2 aliphatic rings. The second-order valence-electron chi connectivity index (χ2n) is 6.30. The van der Waals surface area contributed by atoms with Crippen molar-refractivity contribution in [3.8, 4) is 0 Å². The fourth-order valence-corrected chi connectivity index (χ4v) is 3.55. The lowest BCUT2D eigenvalue weighted by atomic mass is 9.94. The Morgan fingerprint density at radius 3 is 2.67 bits per heavy atom. The summed E-state index contributed by atoms with van der Waals surface area (Å²) >= 11 is 0. The largest absolute Gasteiger partial charge is 0.345 e. The Hall–Kier alpha value is -1.84. The van der Waals surface area contributed by atoms with Crippen molar-refractivity contribution in [3.63, 3.8) is 0 Å². The van der Waals surface area contributed by atoms with Gasteiger partial charge in [0, 0.05) is 39.0 Å². The summed E-state index contributed by atoms with van der Waals surface area (Å²) in [6.45, 7) is 4.30. The molecule has 2 heterocycles. The maximum Gasteiger partial charge on any atom is 0.228 e. The average molecular weight is 286 g/mol. The standard InChI is InChI=1S/C17H22N2O2/c1-12-5-3-4-6-15(12)13-7-8-19(11-13)17(21)14-9-16(20)18(2)10-14/h3-6,13-14H,7-11H2,1-2H3. The molecule has 4 nitrogen and oxygen atoms in total. The number of carbonyl (C=O) groups is 2. The molecule has 0 bridgehead atoms. The van der Waals surface area contributed by atoms with Crippen molar-refractivity contribution in [2.45, 2.75) is 25.7 Å². The highest BCUT2D eigenvalue weighted by atomic mass is 16.2. The monoisotopic (exact) mass is 286 g/mol. The summed E-state index contributed by atoms with van der Waals surface area (Å²) in [5.74, 6) is 0.537. The molecule has 2 unspecified atom stereocenters. The zero-order chi connectivity index (χ0) is 15.0. The van der Waals surface area contributed by atoms with Crippen molar-refractivity contribution >= 4 is 11.8 Å². The molecule has 1 aromatic carbocycles. The number of rotatable bonds is 2. The minimum Gasteiger partial charge on any atom is -0.345 e. The van der Waals surface area contributed by atoms with E-state index in [1.165, 1.54) is 11.1 Å². The van der Waals surface area contributed by atoms with Gasteiger partial charge in [-0.15, -0.1) is 0 Å². The first-order chi connectivity index (χ1) is 10.1. The van der Waals surface area contributed by atoms with Crippen molar-refractivity contribution in [2.24, 2.45) is 5.92 Å². The van der Waals surface area contributed by atoms with Gasteiger partial charge in [0.15, 0.2) is 0 Å². The van der Waals surface area contributed by atoms with Gasteiger partial charge in [-0.1, -0.05) is 24.3 Å². The van der Waals surface area contributed by atoms with E-state index in [-0.39, 0.29) is 17.7 Å². The lowest BCUT2D eigenvalue weighted by Gasteiger charge is -2.20. The third-order valence-corrected chi connectivity index (χ3v) is 4.82. The summed E-state index contributed by atoms with van der Waals surface area (Å²) in [4.78, 5) is 27.8. The number of hydrogen-bond donors (Lipinski definition) is 0. The second-order valence-corrected chi connectivity index (χ2v) is 6.30. The topological polar surface area (TPSA) is 40.6 Å². The normalized spacial score (nSPS) is 25.7. The number of likely N-dealkylation sites (tertiary alicyclic amines) is 2. The van der Waals surface area contributed by atoms with Crippen LogP contribution in [0.15, 0.2) is 24.3 Å². The first kappa shape index (κ1) is 14.1. The SMILES string of the molecule is Cc1ccccc1C1CCN(C(=O)C2CC(=O)N(C)C2)C1. The number of aryl methyl sites for hydroxylation is 1. The molecule has 0 spiro atoms. The first-order valence-electron chi connectivity index (χ1n) is 7.64.